The number of Topliss-reactive ketones (excluding diaryl/α,β-unsaturated/α-hetero) is 1. The van der Waals surface area contributed by atoms with Crippen LogP contribution in [0.5, 0.6) is 0 Å². The maximum Gasteiger partial charge on any atom is 0.208 e. The van der Waals surface area contributed by atoms with Gasteiger partial charge in [-0.3, -0.25) is 4.79 Å². The summed E-state index contributed by atoms with van der Waals surface area (Å²) in [6, 6.07) is 27.0. The minimum absolute atomic E-state index is 0.0346. The zero-order valence-electron chi connectivity index (χ0n) is 16.4. The first-order valence-electron chi connectivity index (χ1n) is 9.78. The predicted octanol–water partition coefficient (Wildman–Crippen LogP) is 5.34. The molecule has 5 nitrogen and oxygen atoms in total. The number of fused-ring (bicyclic) bond motifs is 2. The molecule has 5 rings (SSSR count). The van der Waals surface area contributed by atoms with Gasteiger partial charge in [0.15, 0.2) is 6.17 Å². The lowest BCUT2D eigenvalue weighted by molar-refractivity contribution is 0.0901. The second-order valence-electron chi connectivity index (χ2n) is 6.41. The molecule has 0 amide bonds. The minimum Gasteiger partial charge on any atom is -0.318 e. The SMILES string of the molecule is CC.O=C(c1ccccc1)C(n1ccc2ccccc21)n1nnc2ccccc21. The van der Waals surface area contributed by atoms with E-state index in [1.54, 1.807) is 4.68 Å². The Morgan fingerprint density at radius 2 is 1.45 bits per heavy atom. The number of ketones is 1. The van der Waals surface area contributed by atoms with Crippen molar-refractivity contribution >= 4 is 27.7 Å². The van der Waals surface area contributed by atoms with Gasteiger partial charge >= 0.3 is 0 Å². The molecule has 0 N–H and O–H groups in total. The standard InChI is InChI=1S/C22H16N4O.C2H6/c27-21(17-9-2-1-3-10-17)22(25-15-14-16-8-4-6-12-19(16)25)26-20-13-7-5-11-18(20)23-24-26;1-2/h1-15,22H;1-2H3. The van der Waals surface area contributed by atoms with E-state index in [0.29, 0.717) is 5.56 Å². The van der Waals surface area contributed by atoms with Crippen LogP contribution in [-0.2, 0) is 0 Å². The van der Waals surface area contributed by atoms with E-state index in [4.69, 9.17) is 0 Å². The molecular formula is C24H22N4O. The lowest BCUT2D eigenvalue weighted by atomic mass is 10.1. The maximum absolute atomic E-state index is 13.5. The fourth-order valence-corrected chi connectivity index (χ4v) is 3.49. The molecule has 0 saturated carbocycles. The van der Waals surface area contributed by atoms with Crippen LogP contribution in [0.15, 0.2) is 91.1 Å². The van der Waals surface area contributed by atoms with E-state index >= 15 is 0 Å². The topological polar surface area (TPSA) is 52.7 Å². The van der Waals surface area contributed by atoms with Crippen molar-refractivity contribution in [1.82, 2.24) is 19.6 Å². The van der Waals surface area contributed by atoms with Crippen molar-refractivity contribution in [3.8, 4) is 0 Å². The van der Waals surface area contributed by atoms with Crippen LogP contribution < -0.4 is 0 Å². The number of para-hydroxylation sites is 2. The summed E-state index contributed by atoms with van der Waals surface area (Å²) in [7, 11) is 0. The van der Waals surface area contributed by atoms with Gasteiger partial charge in [0.1, 0.15) is 5.52 Å². The molecule has 0 spiro atoms. The van der Waals surface area contributed by atoms with Crippen molar-refractivity contribution in [3.63, 3.8) is 0 Å². The monoisotopic (exact) mass is 382 g/mol. The Bertz CT molecular complexity index is 1180. The third kappa shape index (κ3) is 3.31. The van der Waals surface area contributed by atoms with Crippen molar-refractivity contribution in [1.29, 1.82) is 0 Å². The van der Waals surface area contributed by atoms with Crippen LogP contribution in [0.2, 0.25) is 0 Å². The van der Waals surface area contributed by atoms with Crippen LogP contribution in [0.1, 0.15) is 30.4 Å². The smallest absolute Gasteiger partial charge is 0.208 e. The second kappa shape index (κ2) is 8.10. The number of aromatic nitrogens is 4. The highest BCUT2D eigenvalue weighted by atomic mass is 16.1. The third-order valence-corrected chi connectivity index (χ3v) is 4.79. The second-order valence-corrected chi connectivity index (χ2v) is 6.41. The van der Waals surface area contributed by atoms with Crippen molar-refractivity contribution in [2.45, 2.75) is 20.0 Å². The zero-order chi connectivity index (χ0) is 20.2. The van der Waals surface area contributed by atoms with Crippen molar-refractivity contribution < 1.29 is 4.79 Å². The normalized spacial score (nSPS) is 11.8. The quantitative estimate of drug-likeness (QED) is 0.394. The average molecular weight is 382 g/mol. The molecule has 0 aliphatic rings. The van der Waals surface area contributed by atoms with E-state index in [2.05, 4.69) is 10.3 Å². The number of carbonyl (C=O) groups is 1. The molecule has 0 saturated heterocycles. The van der Waals surface area contributed by atoms with Gasteiger partial charge < -0.3 is 4.57 Å². The average Bonchev–Trinajstić information content (AvgIpc) is 3.41. The van der Waals surface area contributed by atoms with Gasteiger partial charge in [-0.05, 0) is 29.7 Å². The minimum atomic E-state index is -0.653. The van der Waals surface area contributed by atoms with Crippen LogP contribution in [0, 0.1) is 0 Å². The van der Waals surface area contributed by atoms with Crippen molar-refractivity contribution in [2.75, 3.05) is 0 Å². The first-order chi connectivity index (χ1) is 14.3. The molecule has 2 aromatic heterocycles. The van der Waals surface area contributed by atoms with Crippen LogP contribution in [0.25, 0.3) is 21.9 Å². The van der Waals surface area contributed by atoms with Gasteiger partial charge in [0.25, 0.3) is 0 Å². The number of carbonyl (C=O) groups excluding carboxylic acids is 1. The highest BCUT2D eigenvalue weighted by Crippen LogP contribution is 2.26. The Balaban J connectivity index is 0.000000994. The fourth-order valence-electron chi connectivity index (χ4n) is 3.49. The summed E-state index contributed by atoms with van der Waals surface area (Å²) in [6.45, 7) is 4.00. The van der Waals surface area contributed by atoms with E-state index in [9.17, 15) is 4.79 Å². The molecule has 29 heavy (non-hydrogen) atoms. The number of rotatable bonds is 4. The van der Waals surface area contributed by atoms with Gasteiger partial charge in [0, 0.05) is 11.8 Å². The Labute approximate surface area is 169 Å². The van der Waals surface area contributed by atoms with Gasteiger partial charge in [-0.15, -0.1) is 5.10 Å². The van der Waals surface area contributed by atoms with Crippen LogP contribution in [0.4, 0.5) is 0 Å². The Morgan fingerprint density at radius 3 is 2.24 bits per heavy atom. The van der Waals surface area contributed by atoms with E-state index < -0.39 is 6.17 Å². The molecule has 2 heterocycles. The predicted molar refractivity (Wildman–Crippen MR) is 116 cm³/mol. The molecule has 5 aromatic rings. The number of hydrogen-bond acceptors (Lipinski definition) is 3. The largest absolute Gasteiger partial charge is 0.318 e. The number of hydrogen-bond donors (Lipinski definition) is 0. The maximum atomic E-state index is 13.5. The summed E-state index contributed by atoms with van der Waals surface area (Å²) in [5.74, 6) is -0.0346. The highest BCUT2D eigenvalue weighted by Gasteiger charge is 2.27. The van der Waals surface area contributed by atoms with E-state index in [0.717, 1.165) is 21.9 Å². The molecule has 0 fully saturated rings. The van der Waals surface area contributed by atoms with Gasteiger partial charge in [0.2, 0.25) is 5.78 Å². The molecule has 5 heteroatoms. The van der Waals surface area contributed by atoms with Crippen LogP contribution in [-0.4, -0.2) is 25.3 Å². The molecule has 1 unspecified atom stereocenters. The molecule has 144 valence electrons. The molecule has 0 bridgehead atoms. The molecule has 0 aliphatic heterocycles. The molecule has 3 aromatic carbocycles. The molecule has 1 atom stereocenters. The summed E-state index contributed by atoms with van der Waals surface area (Å²) in [5.41, 5.74) is 3.20. The number of benzene rings is 3. The van der Waals surface area contributed by atoms with Gasteiger partial charge in [-0.25, -0.2) is 4.68 Å². The first-order valence-corrected chi connectivity index (χ1v) is 9.78. The van der Waals surface area contributed by atoms with Crippen LogP contribution in [0.3, 0.4) is 0 Å². The van der Waals surface area contributed by atoms with E-state index in [1.807, 2.05) is 110 Å². The Hall–Kier alpha value is -3.73. The van der Waals surface area contributed by atoms with Crippen LogP contribution >= 0.6 is 0 Å². The number of nitrogens with zero attached hydrogens (tertiary/aromatic N) is 4. The summed E-state index contributed by atoms with van der Waals surface area (Å²) in [4.78, 5) is 13.5. The van der Waals surface area contributed by atoms with E-state index in [1.165, 1.54) is 0 Å². The van der Waals surface area contributed by atoms with Gasteiger partial charge in [-0.1, -0.05) is 79.7 Å². The third-order valence-electron chi connectivity index (χ3n) is 4.79. The van der Waals surface area contributed by atoms with Crippen molar-refractivity contribution in [2.24, 2.45) is 0 Å². The summed E-state index contributed by atoms with van der Waals surface area (Å²) >= 11 is 0. The lowest BCUT2D eigenvalue weighted by Crippen LogP contribution is -2.27. The zero-order valence-corrected chi connectivity index (χ0v) is 16.4. The van der Waals surface area contributed by atoms with Gasteiger partial charge in [-0.2, -0.15) is 0 Å². The fraction of sp³-hybridized carbons (Fsp3) is 0.125. The summed E-state index contributed by atoms with van der Waals surface area (Å²) in [5, 5.41) is 9.66. The Morgan fingerprint density at radius 1 is 0.793 bits per heavy atom. The van der Waals surface area contributed by atoms with Gasteiger partial charge in [0.05, 0.1) is 11.0 Å². The lowest BCUT2D eigenvalue weighted by Gasteiger charge is -2.20. The Kier molecular flexibility index (Phi) is 5.20. The molecule has 0 radical (unpaired) electrons. The molecular weight excluding hydrogens is 360 g/mol. The summed E-state index contributed by atoms with van der Waals surface area (Å²) in [6.07, 6.45) is 1.28. The molecule has 0 aliphatic carbocycles. The highest BCUT2D eigenvalue weighted by molar-refractivity contribution is 6.00. The van der Waals surface area contributed by atoms with E-state index in [-0.39, 0.29) is 5.78 Å². The summed E-state index contributed by atoms with van der Waals surface area (Å²) < 4.78 is 3.67. The first kappa shape index (κ1) is 18.6. The van der Waals surface area contributed by atoms with Crippen molar-refractivity contribution in [3.05, 3.63) is 96.7 Å².